The van der Waals surface area contributed by atoms with Crippen LogP contribution in [0, 0.1) is 5.92 Å². The normalized spacial score (nSPS) is 22.3. The molecular weight excluding hydrogens is 328 g/mol. The van der Waals surface area contributed by atoms with Crippen LogP contribution in [0.3, 0.4) is 0 Å². The van der Waals surface area contributed by atoms with Crippen molar-refractivity contribution in [3.05, 3.63) is 43.0 Å². The van der Waals surface area contributed by atoms with Crippen LogP contribution in [0.15, 0.2) is 43.0 Å². The first-order chi connectivity index (χ1) is 12.5. The summed E-state index contributed by atoms with van der Waals surface area (Å²) >= 11 is 0. The highest BCUT2D eigenvalue weighted by atomic mass is 16.2. The molecule has 0 radical (unpaired) electrons. The second kappa shape index (κ2) is 8.33. The summed E-state index contributed by atoms with van der Waals surface area (Å²) in [5.74, 6) is 0.599. The molecule has 0 bridgehead atoms. The van der Waals surface area contributed by atoms with E-state index in [0.29, 0.717) is 18.0 Å². The van der Waals surface area contributed by atoms with Crippen LogP contribution in [0.1, 0.15) is 26.7 Å². The minimum absolute atomic E-state index is 0.0795. The molecule has 2 atom stereocenters. The first kappa shape index (κ1) is 18.4. The predicted molar refractivity (Wildman–Crippen MR) is 103 cm³/mol. The number of benzene rings is 1. The number of imidazole rings is 1. The molecule has 7 heteroatoms. The average molecular weight is 356 g/mol. The molecule has 0 spiro atoms. The van der Waals surface area contributed by atoms with Crippen LogP contribution in [0.2, 0.25) is 0 Å². The number of hydrogen-bond donors (Lipinski definition) is 3. The maximum absolute atomic E-state index is 12.4. The Balaban J connectivity index is 1.45. The Kier molecular flexibility index (Phi) is 5.90. The van der Waals surface area contributed by atoms with Crippen LogP contribution < -0.4 is 16.2 Å². The molecule has 1 saturated heterocycles. The van der Waals surface area contributed by atoms with Gasteiger partial charge in [-0.15, -0.1) is 0 Å². The number of carbonyl (C=O) groups is 1. The van der Waals surface area contributed by atoms with Gasteiger partial charge in [-0.05, 0) is 56.9 Å². The molecule has 1 aliphatic rings. The number of carbonyl (C=O) groups excluding carboxylic acids is 1. The van der Waals surface area contributed by atoms with E-state index in [9.17, 15) is 4.79 Å². The van der Waals surface area contributed by atoms with Gasteiger partial charge in [0, 0.05) is 49.4 Å². The topological polar surface area (TPSA) is 74.2 Å². The monoisotopic (exact) mass is 356 g/mol. The Morgan fingerprint density at radius 3 is 2.54 bits per heavy atom. The number of anilines is 1. The lowest BCUT2D eigenvalue weighted by Gasteiger charge is -2.21. The maximum atomic E-state index is 12.4. The van der Waals surface area contributed by atoms with Crippen LogP contribution in [0.25, 0.3) is 5.69 Å². The fraction of sp³-hybridized carbons (Fsp3) is 0.474. The number of hydrazine groups is 1. The SMILES string of the molecule is CC1NNC(C)C1CCCN(C)C(=O)Nc1ccc(-n2ccnc2)cc1. The molecule has 3 N–H and O–H groups in total. The highest BCUT2D eigenvalue weighted by Gasteiger charge is 2.29. The minimum atomic E-state index is -0.0795. The van der Waals surface area contributed by atoms with Gasteiger partial charge in [0.05, 0.1) is 6.33 Å². The number of nitrogens with one attached hydrogen (secondary N) is 3. The molecule has 1 fully saturated rings. The van der Waals surface area contributed by atoms with Crippen molar-refractivity contribution in [3.63, 3.8) is 0 Å². The number of hydrogen-bond acceptors (Lipinski definition) is 4. The number of nitrogens with zero attached hydrogens (tertiary/aromatic N) is 3. The summed E-state index contributed by atoms with van der Waals surface area (Å²) in [5.41, 5.74) is 8.36. The summed E-state index contributed by atoms with van der Waals surface area (Å²) in [4.78, 5) is 18.1. The summed E-state index contributed by atoms with van der Waals surface area (Å²) in [6.45, 7) is 5.14. The molecule has 2 heterocycles. The quantitative estimate of drug-likeness (QED) is 0.744. The number of urea groups is 1. The molecular formula is C19H28N6O. The van der Waals surface area contributed by atoms with Crippen molar-refractivity contribution >= 4 is 11.7 Å². The van der Waals surface area contributed by atoms with E-state index >= 15 is 0 Å². The van der Waals surface area contributed by atoms with Gasteiger partial charge in [0.15, 0.2) is 0 Å². The second-order valence-electron chi connectivity index (χ2n) is 7.04. The number of amides is 2. The fourth-order valence-electron chi connectivity index (χ4n) is 3.42. The second-order valence-corrected chi connectivity index (χ2v) is 7.04. The number of aromatic nitrogens is 2. The molecule has 1 aliphatic heterocycles. The zero-order valence-electron chi connectivity index (χ0n) is 15.6. The van der Waals surface area contributed by atoms with Crippen molar-refractivity contribution in [1.29, 1.82) is 0 Å². The van der Waals surface area contributed by atoms with Gasteiger partial charge in [-0.25, -0.2) is 9.78 Å². The largest absolute Gasteiger partial charge is 0.328 e. The zero-order valence-corrected chi connectivity index (χ0v) is 15.6. The summed E-state index contributed by atoms with van der Waals surface area (Å²) in [6.07, 6.45) is 7.46. The lowest BCUT2D eigenvalue weighted by atomic mass is 9.92. The van der Waals surface area contributed by atoms with Gasteiger partial charge < -0.3 is 14.8 Å². The molecule has 0 aliphatic carbocycles. The van der Waals surface area contributed by atoms with Gasteiger partial charge in [0.1, 0.15) is 0 Å². The first-order valence-corrected chi connectivity index (χ1v) is 9.16. The van der Waals surface area contributed by atoms with E-state index in [1.807, 2.05) is 42.1 Å². The minimum Gasteiger partial charge on any atom is -0.328 e. The van der Waals surface area contributed by atoms with Crippen molar-refractivity contribution in [1.82, 2.24) is 25.3 Å². The lowest BCUT2D eigenvalue weighted by molar-refractivity contribution is 0.220. The summed E-state index contributed by atoms with van der Waals surface area (Å²) in [5, 5.41) is 2.95. The van der Waals surface area contributed by atoms with Crippen molar-refractivity contribution in [2.24, 2.45) is 5.92 Å². The molecule has 2 unspecified atom stereocenters. The molecule has 1 aromatic carbocycles. The molecule has 1 aromatic heterocycles. The molecule has 0 saturated carbocycles. The van der Waals surface area contributed by atoms with Crippen LogP contribution in [0.5, 0.6) is 0 Å². The Morgan fingerprint density at radius 1 is 1.23 bits per heavy atom. The van der Waals surface area contributed by atoms with E-state index in [0.717, 1.165) is 30.8 Å². The van der Waals surface area contributed by atoms with Crippen molar-refractivity contribution in [2.75, 3.05) is 18.9 Å². The Labute approximate surface area is 154 Å². The van der Waals surface area contributed by atoms with E-state index in [-0.39, 0.29) is 6.03 Å². The molecule has 7 nitrogen and oxygen atoms in total. The highest BCUT2D eigenvalue weighted by molar-refractivity contribution is 5.89. The van der Waals surface area contributed by atoms with E-state index in [4.69, 9.17) is 0 Å². The molecule has 2 amide bonds. The summed E-state index contributed by atoms with van der Waals surface area (Å²) in [6, 6.07) is 8.58. The first-order valence-electron chi connectivity index (χ1n) is 9.16. The average Bonchev–Trinajstić information content (AvgIpc) is 3.27. The molecule has 3 rings (SSSR count). The summed E-state index contributed by atoms with van der Waals surface area (Å²) < 4.78 is 1.92. The van der Waals surface area contributed by atoms with Gasteiger partial charge in [0.2, 0.25) is 0 Å². The van der Waals surface area contributed by atoms with Gasteiger partial charge in [0.25, 0.3) is 0 Å². The smallest absolute Gasteiger partial charge is 0.321 e. The van der Waals surface area contributed by atoms with Crippen molar-refractivity contribution in [3.8, 4) is 5.69 Å². The zero-order chi connectivity index (χ0) is 18.5. The van der Waals surface area contributed by atoms with E-state index < -0.39 is 0 Å². The van der Waals surface area contributed by atoms with Crippen LogP contribution in [-0.2, 0) is 0 Å². The third-order valence-corrected chi connectivity index (χ3v) is 5.12. The maximum Gasteiger partial charge on any atom is 0.321 e. The molecule has 140 valence electrons. The molecule has 2 aromatic rings. The van der Waals surface area contributed by atoms with E-state index in [1.165, 1.54) is 0 Å². The van der Waals surface area contributed by atoms with Gasteiger partial charge >= 0.3 is 6.03 Å². The van der Waals surface area contributed by atoms with Gasteiger partial charge in [-0.3, -0.25) is 10.9 Å². The Hall–Kier alpha value is -2.38. The van der Waals surface area contributed by atoms with Crippen molar-refractivity contribution < 1.29 is 4.79 Å². The lowest BCUT2D eigenvalue weighted by Crippen LogP contribution is -2.33. The summed E-state index contributed by atoms with van der Waals surface area (Å²) in [7, 11) is 1.84. The third-order valence-electron chi connectivity index (χ3n) is 5.12. The predicted octanol–water partition coefficient (Wildman–Crippen LogP) is 2.62. The van der Waals surface area contributed by atoms with Crippen LogP contribution in [0.4, 0.5) is 10.5 Å². The highest BCUT2D eigenvalue weighted by Crippen LogP contribution is 2.20. The van der Waals surface area contributed by atoms with Gasteiger partial charge in [-0.1, -0.05) is 0 Å². The van der Waals surface area contributed by atoms with E-state index in [2.05, 4.69) is 35.0 Å². The molecule has 26 heavy (non-hydrogen) atoms. The number of rotatable bonds is 6. The Morgan fingerprint density at radius 2 is 1.92 bits per heavy atom. The fourth-order valence-corrected chi connectivity index (χ4v) is 3.42. The van der Waals surface area contributed by atoms with E-state index in [1.54, 1.807) is 17.4 Å². The third kappa shape index (κ3) is 4.42. The van der Waals surface area contributed by atoms with Crippen molar-refractivity contribution in [2.45, 2.75) is 38.8 Å². The van der Waals surface area contributed by atoms with Crippen LogP contribution >= 0.6 is 0 Å². The standard InChI is InChI=1S/C19H28N6O/c1-14-18(15(2)23-22-14)5-4-11-24(3)19(26)21-16-6-8-17(9-7-16)25-12-10-20-13-25/h6-10,12-15,18,22-23H,4-5,11H2,1-3H3,(H,21,26). The van der Waals surface area contributed by atoms with Crippen LogP contribution in [-0.4, -0.2) is 46.2 Å². The van der Waals surface area contributed by atoms with Gasteiger partial charge in [-0.2, -0.15) is 0 Å². The Bertz CT molecular complexity index is 689.